The van der Waals surface area contributed by atoms with Crippen LogP contribution in [0, 0.1) is 0 Å². The zero-order valence-corrected chi connectivity index (χ0v) is 8.25. The standard InChI is InChI=1S/C9H13NO2.ClH/c1-7(10)6-12-9-4-2-8(11)3-5-9;/h2-5,7,11H,6,10H2,1H3;1H. The van der Waals surface area contributed by atoms with E-state index >= 15 is 0 Å². The van der Waals surface area contributed by atoms with Crippen LogP contribution >= 0.6 is 12.4 Å². The Kier molecular flexibility index (Phi) is 5.26. The van der Waals surface area contributed by atoms with Crippen LogP contribution in [-0.2, 0) is 0 Å². The van der Waals surface area contributed by atoms with Crippen molar-refractivity contribution in [3.8, 4) is 11.5 Å². The molecule has 0 aliphatic heterocycles. The highest BCUT2D eigenvalue weighted by Gasteiger charge is 1.96. The van der Waals surface area contributed by atoms with Gasteiger partial charge >= 0.3 is 0 Å². The molecule has 0 bridgehead atoms. The first kappa shape index (κ1) is 12.1. The molecule has 3 N–H and O–H groups in total. The number of rotatable bonds is 3. The Morgan fingerprint density at radius 3 is 2.38 bits per heavy atom. The van der Waals surface area contributed by atoms with Crippen LogP contribution in [0.2, 0.25) is 0 Å². The average molecular weight is 204 g/mol. The Hall–Kier alpha value is -0.930. The highest BCUT2D eigenvalue weighted by atomic mass is 35.5. The molecule has 0 aliphatic carbocycles. The number of nitrogens with two attached hydrogens (primary N) is 1. The number of aromatic hydroxyl groups is 1. The average Bonchev–Trinajstić information content (AvgIpc) is 2.03. The van der Waals surface area contributed by atoms with Crippen molar-refractivity contribution in [2.45, 2.75) is 13.0 Å². The normalized spacial score (nSPS) is 11.5. The molecule has 0 radical (unpaired) electrons. The minimum atomic E-state index is 0. The minimum Gasteiger partial charge on any atom is -0.508 e. The third-order valence-corrected chi connectivity index (χ3v) is 1.35. The summed E-state index contributed by atoms with van der Waals surface area (Å²) in [6.07, 6.45) is 0. The first-order valence-corrected chi connectivity index (χ1v) is 3.86. The van der Waals surface area contributed by atoms with E-state index in [-0.39, 0.29) is 24.2 Å². The predicted octanol–water partition coefficient (Wildman–Crippen LogP) is 1.54. The Balaban J connectivity index is 0.00000144. The molecule has 0 fully saturated rings. The van der Waals surface area contributed by atoms with Crippen molar-refractivity contribution in [1.29, 1.82) is 0 Å². The summed E-state index contributed by atoms with van der Waals surface area (Å²) in [5.41, 5.74) is 5.50. The van der Waals surface area contributed by atoms with Crippen LogP contribution in [0.4, 0.5) is 0 Å². The molecule has 0 aromatic heterocycles. The fourth-order valence-corrected chi connectivity index (χ4v) is 0.770. The lowest BCUT2D eigenvalue weighted by Gasteiger charge is -2.07. The molecule has 0 heterocycles. The van der Waals surface area contributed by atoms with Gasteiger partial charge in [-0.05, 0) is 31.2 Å². The predicted molar refractivity (Wildman–Crippen MR) is 54.5 cm³/mol. The molecule has 13 heavy (non-hydrogen) atoms. The zero-order chi connectivity index (χ0) is 8.97. The highest BCUT2D eigenvalue weighted by Crippen LogP contribution is 2.15. The maximum atomic E-state index is 8.95. The molecule has 1 rings (SSSR count). The second-order valence-electron chi connectivity index (χ2n) is 2.78. The van der Waals surface area contributed by atoms with Crippen LogP contribution in [0.15, 0.2) is 24.3 Å². The van der Waals surface area contributed by atoms with Gasteiger partial charge in [0.15, 0.2) is 0 Å². The Morgan fingerprint density at radius 1 is 1.38 bits per heavy atom. The summed E-state index contributed by atoms with van der Waals surface area (Å²) in [6.45, 7) is 2.37. The van der Waals surface area contributed by atoms with E-state index in [1.54, 1.807) is 24.3 Å². The van der Waals surface area contributed by atoms with E-state index in [2.05, 4.69) is 0 Å². The Morgan fingerprint density at radius 2 is 1.92 bits per heavy atom. The quantitative estimate of drug-likeness (QED) is 0.784. The van der Waals surface area contributed by atoms with Crippen molar-refractivity contribution in [3.05, 3.63) is 24.3 Å². The minimum absolute atomic E-state index is 0. The van der Waals surface area contributed by atoms with Gasteiger partial charge in [-0.1, -0.05) is 0 Å². The van der Waals surface area contributed by atoms with Crippen LogP contribution < -0.4 is 10.5 Å². The maximum absolute atomic E-state index is 8.95. The second-order valence-corrected chi connectivity index (χ2v) is 2.78. The van der Waals surface area contributed by atoms with E-state index in [1.165, 1.54) is 0 Å². The molecule has 0 saturated carbocycles. The van der Waals surface area contributed by atoms with Crippen molar-refractivity contribution in [1.82, 2.24) is 0 Å². The van der Waals surface area contributed by atoms with Crippen molar-refractivity contribution < 1.29 is 9.84 Å². The molecule has 0 spiro atoms. The van der Waals surface area contributed by atoms with E-state index in [9.17, 15) is 0 Å². The van der Waals surface area contributed by atoms with Gasteiger partial charge in [-0.2, -0.15) is 0 Å². The number of hydrogen-bond donors (Lipinski definition) is 2. The maximum Gasteiger partial charge on any atom is 0.119 e. The van der Waals surface area contributed by atoms with Crippen molar-refractivity contribution in [2.24, 2.45) is 5.73 Å². The molecule has 1 aromatic carbocycles. The third kappa shape index (κ3) is 4.60. The summed E-state index contributed by atoms with van der Waals surface area (Å²) in [5.74, 6) is 0.966. The van der Waals surface area contributed by atoms with Gasteiger partial charge < -0.3 is 15.6 Å². The molecule has 1 aromatic rings. The van der Waals surface area contributed by atoms with Gasteiger partial charge in [0.05, 0.1) is 0 Å². The number of phenols is 1. The van der Waals surface area contributed by atoms with Crippen LogP contribution in [0.3, 0.4) is 0 Å². The topological polar surface area (TPSA) is 55.5 Å². The number of ether oxygens (including phenoxy) is 1. The van der Waals surface area contributed by atoms with Gasteiger partial charge in [0.1, 0.15) is 18.1 Å². The molecule has 74 valence electrons. The third-order valence-electron chi connectivity index (χ3n) is 1.35. The molecular formula is C9H14ClNO2. The molecule has 0 amide bonds. The highest BCUT2D eigenvalue weighted by molar-refractivity contribution is 5.85. The number of phenolic OH excluding ortho intramolecular Hbond substituents is 1. The molecular weight excluding hydrogens is 190 g/mol. The summed E-state index contributed by atoms with van der Waals surface area (Å²) in [6, 6.07) is 6.60. The Labute approximate surface area is 83.9 Å². The zero-order valence-electron chi connectivity index (χ0n) is 7.43. The Bertz CT molecular complexity index is 236. The fourth-order valence-electron chi connectivity index (χ4n) is 0.770. The van der Waals surface area contributed by atoms with E-state index in [0.717, 1.165) is 5.75 Å². The van der Waals surface area contributed by atoms with E-state index < -0.39 is 0 Å². The van der Waals surface area contributed by atoms with Gasteiger partial charge in [-0.3, -0.25) is 0 Å². The lowest BCUT2D eigenvalue weighted by molar-refractivity contribution is 0.296. The van der Waals surface area contributed by atoms with Gasteiger partial charge in [0, 0.05) is 6.04 Å². The lowest BCUT2D eigenvalue weighted by atomic mass is 10.3. The van der Waals surface area contributed by atoms with Crippen LogP contribution in [-0.4, -0.2) is 17.8 Å². The van der Waals surface area contributed by atoms with Crippen LogP contribution in [0.1, 0.15) is 6.92 Å². The van der Waals surface area contributed by atoms with Crippen molar-refractivity contribution >= 4 is 12.4 Å². The SMILES string of the molecule is CC(N)COc1ccc(O)cc1.Cl. The summed E-state index contributed by atoms with van der Waals surface area (Å²) in [7, 11) is 0. The number of halogens is 1. The molecule has 0 saturated heterocycles. The first-order chi connectivity index (χ1) is 5.68. The molecule has 4 heteroatoms. The summed E-state index contributed by atoms with van der Waals surface area (Å²) in [4.78, 5) is 0. The molecule has 3 nitrogen and oxygen atoms in total. The van der Waals surface area contributed by atoms with Gasteiger partial charge in [-0.25, -0.2) is 0 Å². The van der Waals surface area contributed by atoms with E-state index in [4.69, 9.17) is 15.6 Å². The number of benzene rings is 1. The van der Waals surface area contributed by atoms with Crippen LogP contribution in [0.5, 0.6) is 11.5 Å². The number of hydrogen-bond acceptors (Lipinski definition) is 3. The van der Waals surface area contributed by atoms with Gasteiger partial charge in [0.25, 0.3) is 0 Å². The first-order valence-electron chi connectivity index (χ1n) is 3.86. The van der Waals surface area contributed by atoms with E-state index in [1.807, 2.05) is 6.92 Å². The summed E-state index contributed by atoms with van der Waals surface area (Å²) in [5, 5.41) is 8.95. The second kappa shape index (κ2) is 5.67. The molecule has 1 atom stereocenters. The van der Waals surface area contributed by atoms with Crippen LogP contribution in [0.25, 0.3) is 0 Å². The fraction of sp³-hybridized carbons (Fsp3) is 0.333. The lowest BCUT2D eigenvalue weighted by Crippen LogP contribution is -2.23. The monoisotopic (exact) mass is 203 g/mol. The summed E-state index contributed by atoms with van der Waals surface area (Å²) >= 11 is 0. The van der Waals surface area contributed by atoms with Crippen molar-refractivity contribution in [3.63, 3.8) is 0 Å². The van der Waals surface area contributed by atoms with Crippen molar-refractivity contribution in [2.75, 3.05) is 6.61 Å². The molecule has 1 unspecified atom stereocenters. The smallest absolute Gasteiger partial charge is 0.119 e. The summed E-state index contributed by atoms with van der Waals surface area (Å²) < 4.78 is 5.29. The van der Waals surface area contributed by atoms with Gasteiger partial charge in [-0.15, -0.1) is 12.4 Å². The largest absolute Gasteiger partial charge is 0.508 e. The van der Waals surface area contributed by atoms with E-state index in [0.29, 0.717) is 6.61 Å². The van der Waals surface area contributed by atoms with Gasteiger partial charge in [0.2, 0.25) is 0 Å². The molecule has 0 aliphatic rings.